The van der Waals surface area contributed by atoms with Gasteiger partial charge in [0, 0.05) is 12.0 Å². The molecule has 3 heterocycles. The van der Waals surface area contributed by atoms with Gasteiger partial charge in [0.05, 0.1) is 38.6 Å². The van der Waals surface area contributed by atoms with Crippen LogP contribution in [0.15, 0.2) is 91.0 Å². The monoisotopic (exact) mass is 1170 g/mol. The van der Waals surface area contributed by atoms with E-state index >= 15 is 0 Å². The molecule has 0 spiro atoms. The molecule has 9 atom stereocenters. The number of nitrogens with one attached hydrogen (secondary N) is 1. The van der Waals surface area contributed by atoms with E-state index in [1.165, 1.54) is 193 Å². The van der Waals surface area contributed by atoms with E-state index in [1.54, 1.807) is 0 Å². The Hall–Kier alpha value is -3.19. The van der Waals surface area contributed by atoms with E-state index in [0.29, 0.717) is 19.6 Å². The first kappa shape index (κ1) is 69.9. The Morgan fingerprint density at radius 3 is 1.38 bits per heavy atom. The second kappa shape index (κ2) is 43.5. The van der Waals surface area contributed by atoms with Crippen LogP contribution in [-0.2, 0) is 55.9 Å². The predicted octanol–water partition coefficient (Wildman–Crippen LogP) is 19.5. The summed E-state index contributed by atoms with van der Waals surface area (Å²) >= 11 is 0. The van der Waals surface area contributed by atoms with Crippen molar-refractivity contribution >= 4 is 5.91 Å². The van der Waals surface area contributed by atoms with Crippen molar-refractivity contribution in [1.29, 1.82) is 0 Å². The SMILES string of the molecule is CCCCCCCCCCCCCCCCCCCCCCCCCC(=O)N[C@@H](CO[C@H]1OC2COC(c3ccccc3)O[C@@H]2C(OCc2ccccc2)C1OCc1ccccc1)[C@@H]1OC(C)(C)O[C@@H]1CCCCCCCCCCCCCC. The third-order valence-corrected chi connectivity index (χ3v) is 17.7. The molecular weight excluding hydrogens is 1050 g/mol. The van der Waals surface area contributed by atoms with Crippen LogP contribution in [0.3, 0.4) is 0 Å². The molecule has 1 amide bonds. The van der Waals surface area contributed by atoms with E-state index in [0.717, 1.165) is 55.2 Å². The number of ether oxygens (including phenoxy) is 8. The van der Waals surface area contributed by atoms with Crippen LogP contribution < -0.4 is 5.32 Å². The fourth-order valence-electron chi connectivity index (χ4n) is 12.7. The minimum Gasteiger partial charge on any atom is -0.368 e. The third kappa shape index (κ3) is 28.3. The molecule has 3 aliphatic rings. The fraction of sp³-hybridized carbons (Fsp3) is 0.743. The Labute approximate surface area is 512 Å². The van der Waals surface area contributed by atoms with Gasteiger partial charge in [-0.05, 0) is 37.8 Å². The van der Waals surface area contributed by atoms with Gasteiger partial charge in [-0.25, -0.2) is 0 Å². The van der Waals surface area contributed by atoms with Gasteiger partial charge < -0.3 is 43.2 Å². The van der Waals surface area contributed by atoms with Gasteiger partial charge in [0.2, 0.25) is 5.91 Å². The third-order valence-electron chi connectivity index (χ3n) is 17.7. The molecule has 1 N–H and O–H groups in total. The number of benzene rings is 3. The lowest BCUT2D eigenvalue weighted by molar-refractivity contribution is -0.373. The topological polar surface area (TPSA) is 103 Å². The second-order valence-electron chi connectivity index (χ2n) is 25.6. The fourth-order valence-corrected chi connectivity index (χ4v) is 12.7. The lowest BCUT2D eigenvalue weighted by atomic mass is 9.96. The first-order valence-corrected chi connectivity index (χ1v) is 34.9. The molecular formula is C74H119NO9. The highest BCUT2D eigenvalue weighted by Crippen LogP contribution is 2.39. The summed E-state index contributed by atoms with van der Waals surface area (Å²) in [5.74, 6) is -0.809. The van der Waals surface area contributed by atoms with Gasteiger partial charge >= 0.3 is 0 Å². The predicted molar refractivity (Wildman–Crippen MR) is 343 cm³/mol. The number of unbranched alkanes of at least 4 members (excludes halogenated alkanes) is 33. The summed E-state index contributed by atoms with van der Waals surface area (Å²) in [6.45, 7) is 9.60. The number of rotatable bonds is 49. The van der Waals surface area contributed by atoms with Crippen molar-refractivity contribution in [3.63, 3.8) is 0 Å². The van der Waals surface area contributed by atoms with Crippen molar-refractivity contribution in [3.8, 4) is 0 Å². The van der Waals surface area contributed by atoms with E-state index in [4.69, 9.17) is 37.9 Å². The van der Waals surface area contributed by atoms with Gasteiger partial charge in [-0.1, -0.05) is 323 Å². The van der Waals surface area contributed by atoms with E-state index in [2.05, 4.69) is 43.4 Å². The van der Waals surface area contributed by atoms with Crippen LogP contribution in [0, 0.1) is 0 Å². The van der Waals surface area contributed by atoms with Crippen LogP contribution in [-0.4, -0.2) is 73.9 Å². The van der Waals surface area contributed by atoms with Gasteiger partial charge in [0.15, 0.2) is 18.4 Å². The quantitative estimate of drug-likeness (QED) is 0.0554. The number of carbonyl (C=O) groups is 1. The van der Waals surface area contributed by atoms with Gasteiger partial charge in [-0.2, -0.15) is 0 Å². The molecule has 3 aromatic rings. The zero-order valence-corrected chi connectivity index (χ0v) is 53.5. The smallest absolute Gasteiger partial charge is 0.220 e. The number of hydrogen-bond acceptors (Lipinski definition) is 9. The van der Waals surface area contributed by atoms with Crippen LogP contribution in [0.2, 0.25) is 0 Å². The van der Waals surface area contributed by atoms with E-state index in [9.17, 15) is 4.79 Å². The largest absolute Gasteiger partial charge is 0.368 e. The summed E-state index contributed by atoms with van der Waals surface area (Å²) in [5.41, 5.74) is 2.98. The van der Waals surface area contributed by atoms with Gasteiger partial charge in [0.25, 0.3) is 0 Å². The molecule has 0 bridgehead atoms. The lowest BCUT2D eigenvalue weighted by Crippen LogP contribution is -2.64. The molecule has 0 saturated carbocycles. The van der Waals surface area contributed by atoms with Crippen LogP contribution in [0.1, 0.15) is 288 Å². The number of fused-ring (bicyclic) bond motifs is 1. The minimum absolute atomic E-state index is 0.0103. The first-order chi connectivity index (χ1) is 41.3. The van der Waals surface area contributed by atoms with Crippen molar-refractivity contribution in [2.24, 2.45) is 0 Å². The lowest BCUT2D eigenvalue weighted by Gasteiger charge is -2.49. The van der Waals surface area contributed by atoms with Crippen LogP contribution in [0.4, 0.5) is 0 Å². The molecule has 84 heavy (non-hydrogen) atoms. The first-order valence-electron chi connectivity index (χ1n) is 34.9. The highest BCUT2D eigenvalue weighted by Gasteiger charge is 2.53. The second-order valence-corrected chi connectivity index (χ2v) is 25.6. The average Bonchev–Trinajstić information content (AvgIpc) is 1.73. The van der Waals surface area contributed by atoms with Gasteiger partial charge in [-0.3, -0.25) is 4.79 Å². The molecule has 3 fully saturated rings. The van der Waals surface area contributed by atoms with Crippen molar-refractivity contribution in [2.75, 3.05) is 13.2 Å². The van der Waals surface area contributed by atoms with Crippen molar-refractivity contribution in [2.45, 2.75) is 340 Å². The summed E-state index contributed by atoms with van der Waals surface area (Å²) in [4.78, 5) is 14.2. The summed E-state index contributed by atoms with van der Waals surface area (Å²) < 4.78 is 54.5. The maximum absolute atomic E-state index is 14.2. The Kier molecular flexibility index (Phi) is 36.2. The molecule has 10 nitrogen and oxygen atoms in total. The summed E-state index contributed by atoms with van der Waals surface area (Å²) in [6, 6.07) is 29.9. The molecule has 0 aromatic heterocycles. The molecule has 3 aliphatic heterocycles. The Morgan fingerprint density at radius 2 is 0.917 bits per heavy atom. The van der Waals surface area contributed by atoms with Gasteiger partial charge in [0.1, 0.15) is 30.5 Å². The van der Waals surface area contributed by atoms with Crippen molar-refractivity contribution in [3.05, 3.63) is 108 Å². The Balaban J connectivity index is 1.01. The number of amides is 1. The van der Waals surface area contributed by atoms with Gasteiger partial charge in [-0.15, -0.1) is 0 Å². The zero-order chi connectivity index (χ0) is 59.0. The molecule has 6 rings (SSSR count). The van der Waals surface area contributed by atoms with Crippen molar-refractivity contribution in [1.82, 2.24) is 5.32 Å². The standard InChI is InChI=1S/C74H119NO9/c1-5-7-9-11-13-15-17-19-20-21-22-23-24-25-26-27-28-29-31-33-35-37-48-56-67(76)75-64(68-65(83-74(3,4)84-68)55-47-36-34-32-30-18-16-14-12-10-8-6-2)59-79-73-71(78-58-62-51-43-39-44-52-62)70(77-57-61-49-41-38-42-50-61)69-66(81-73)60-80-72(82-69)63-53-45-40-46-54-63/h38-46,49-54,64-66,68-73H,5-37,47-48,55-60H2,1-4H3,(H,75,76)/t64-,65+,66?,68-,69-,70?,71?,72?,73-/m0/s1. The molecule has 0 aliphatic carbocycles. The minimum atomic E-state index is -0.884. The average molecular weight is 1170 g/mol. The molecule has 474 valence electrons. The maximum Gasteiger partial charge on any atom is 0.220 e. The Bertz CT molecular complexity index is 2040. The van der Waals surface area contributed by atoms with E-state index in [-0.39, 0.29) is 25.2 Å². The normalized spacial score (nSPS) is 22.5. The molecule has 3 saturated heterocycles. The molecule has 0 radical (unpaired) electrons. The summed E-state index contributed by atoms with van der Waals surface area (Å²) in [7, 11) is 0. The zero-order valence-electron chi connectivity index (χ0n) is 53.5. The molecule has 3 aromatic carbocycles. The molecule has 4 unspecified atom stereocenters. The Morgan fingerprint density at radius 1 is 0.500 bits per heavy atom. The van der Waals surface area contributed by atoms with E-state index in [1.807, 2.05) is 80.6 Å². The van der Waals surface area contributed by atoms with E-state index < -0.39 is 54.9 Å². The molecule has 10 heteroatoms. The van der Waals surface area contributed by atoms with Crippen LogP contribution in [0.25, 0.3) is 0 Å². The van der Waals surface area contributed by atoms with Crippen LogP contribution in [0.5, 0.6) is 0 Å². The number of hydrogen-bond donors (Lipinski definition) is 1. The number of carbonyl (C=O) groups excluding carboxylic acids is 1. The highest BCUT2D eigenvalue weighted by molar-refractivity contribution is 5.76. The van der Waals surface area contributed by atoms with Crippen molar-refractivity contribution < 1.29 is 42.7 Å². The highest BCUT2D eigenvalue weighted by atomic mass is 16.8. The summed E-state index contributed by atoms with van der Waals surface area (Å²) in [6.07, 6.45) is 43.2. The summed E-state index contributed by atoms with van der Waals surface area (Å²) in [5, 5.41) is 3.44. The van der Waals surface area contributed by atoms with Crippen LogP contribution >= 0.6 is 0 Å². The maximum atomic E-state index is 14.2.